The second-order valence-corrected chi connectivity index (χ2v) is 4.67. The molecule has 1 aromatic carbocycles. The highest BCUT2D eigenvalue weighted by Gasteiger charge is 2.30. The van der Waals surface area contributed by atoms with Crippen molar-refractivity contribution in [3.8, 4) is 0 Å². The Kier molecular flexibility index (Phi) is 4.32. The Morgan fingerprint density at radius 3 is 2.85 bits per heavy atom. The molecule has 0 spiro atoms. The summed E-state index contributed by atoms with van der Waals surface area (Å²) in [5.41, 5.74) is 0.954. The maximum absolute atomic E-state index is 13.6. The Hall–Kier alpha value is -1.98. The summed E-state index contributed by atoms with van der Waals surface area (Å²) in [7, 11) is 0. The molecule has 108 valence electrons. The number of rotatable bonds is 5. The third kappa shape index (κ3) is 2.95. The van der Waals surface area contributed by atoms with Crippen LogP contribution in [0.25, 0.3) is 0 Å². The maximum atomic E-state index is 13.6. The number of carbonyl (C=O) groups is 2. The predicted molar refractivity (Wildman–Crippen MR) is 67.0 cm³/mol. The van der Waals surface area contributed by atoms with E-state index in [0.717, 1.165) is 6.07 Å². The van der Waals surface area contributed by atoms with E-state index in [1.807, 2.05) is 0 Å². The van der Waals surface area contributed by atoms with Crippen molar-refractivity contribution >= 4 is 12.4 Å². The first kappa shape index (κ1) is 14.4. The minimum absolute atomic E-state index is 0.180. The van der Waals surface area contributed by atoms with Gasteiger partial charge < -0.3 is 9.64 Å². The summed E-state index contributed by atoms with van der Waals surface area (Å²) < 4.78 is 31.6. The molecule has 1 aliphatic carbocycles. The molecule has 0 N–H and O–H groups in total. The quantitative estimate of drug-likeness (QED) is 0.607. The Balaban J connectivity index is 2.10. The highest BCUT2D eigenvalue weighted by atomic mass is 19.1. The van der Waals surface area contributed by atoms with Gasteiger partial charge in [0.2, 0.25) is 6.41 Å². The van der Waals surface area contributed by atoms with Gasteiger partial charge in [0.1, 0.15) is 18.2 Å². The van der Waals surface area contributed by atoms with Crippen molar-refractivity contribution in [3.05, 3.63) is 34.9 Å². The van der Waals surface area contributed by atoms with Crippen LogP contribution in [0.15, 0.2) is 12.1 Å². The minimum Gasteiger partial charge on any atom is -0.465 e. The molecule has 0 saturated carbocycles. The molecular weight excluding hydrogens is 268 g/mol. The number of halogens is 2. The summed E-state index contributed by atoms with van der Waals surface area (Å²) in [6, 6.07) is 1.76. The zero-order valence-corrected chi connectivity index (χ0v) is 11.1. The maximum Gasteiger partial charge on any atom is 0.325 e. The second kappa shape index (κ2) is 5.98. The van der Waals surface area contributed by atoms with Gasteiger partial charge in [-0.25, -0.2) is 8.78 Å². The fourth-order valence-corrected chi connectivity index (χ4v) is 2.47. The molecule has 4 nitrogen and oxygen atoms in total. The van der Waals surface area contributed by atoms with Gasteiger partial charge in [-0.3, -0.25) is 9.59 Å². The molecule has 0 heterocycles. The van der Waals surface area contributed by atoms with E-state index in [1.165, 1.54) is 11.0 Å². The first-order valence-corrected chi connectivity index (χ1v) is 6.38. The van der Waals surface area contributed by atoms with Gasteiger partial charge >= 0.3 is 5.97 Å². The Morgan fingerprint density at radius 2 is 2.20 bits per heavy atom. The van der Waals surface area contributed by atoms with Crippen LogP contribution >= 0.6 is 0 Å². The van der Waals surface area contributed by atoms with Crippen molar-refractivity contribution in [2.75, 3.05) is 13.2 Å². The van der Waals surface area contributed by atoms with Gasteiger partial charge in [-0.05, 0) is 37.0 Å². The standard InChI is InChI=1S/C14H15F2NO3/c1-2-20-14(19)7-17(8-18)11-4-9-3-10(15)5-13(16)12(9)6-11/h3,5,8,11H,2,4,6-7H2,1H3. The normalized spacial score (nSPS) is 16.6. The summed E-state index contributed by atoms with van der Waals surface area (Å²) in [4.78, 5) is 23.8. The number of hydrogen-bond acceptors (Lipinski definition) is 3. The lowest BCUT2D eigenvalue weighted by molar-refractivity contribution is -0.147. The van der Waals surface area contributed by atoms with Gasteiger partial charge in [0, 0.05) is 12.1 Å². The Labute approximate surface area is 115 Å². The molecule has 6 heteroatoms. The monoisotopic (exact) mass is 283 g/mol. The average molecular weight is 283 g/mol. The number of amides is 1. The lowest BCUT2D eigenvalue weighted by atomic mass is 10.1. The summed E-state index contributed by atoms with van der Waals surface area (Å²) >= 11 is 0. The summed E-state index contributed by atoms with van der Waals surface area (Å²) in [6.07, 6.45) is 1.16. The van der Waals surface area contributed by atoms with Gasteiger partial charge in [-0.2, -0.15) is 0 Å². The van der Waals surface area contributed by atoms with E-state index in [1.54, 1.807) is 6.92 Å². The van der Waals surface area contributed by atoms with Crippen molar-refractivity contribution in [1.29, 1.82) is 0 Å². The van der Waals surface area contributed by atoms with Crippen LogP contribution in [0.1, 0.15) is 18.1 Å². The molecular formula is C14H15F2NO3. The van der Waals surface area contributed by atoms with Gasteiger partial charge in [-0.15, -0.1) is 0 Å². The molecule has 0 aliphatic heterocycles. The zero-order valence-electron chi connectivity index (χ0n) is 11.1. The SMILES string of the molecule is CCOC(=O)CN(C=O)C1Cc2cc(F)cc(F)c2C1. The predicted octanol–water partition coefficient (Wildman–Crippen LogP) is 1.45. The van der Waals surface area contributed by atoms with E-state index >= 15 is 0 Å². The molecule has 1 aromatic rings. The minimum atomic E-state index is -0.634. The van der Waals surface area contributed by atoms with Gasteiger partial charge in [-0.1, -0.05) is 0 Å². The van der Waals surface area contributed by atoms with Crippen molar-refractivity contribution in [1.82, 2.24) is 4.90 Å². The lowest BCUT2D eigenvalue weighted by Gasteiger charge is -2.23. The topological polar surface area (TPSA) is 46.6 Å². The zero-order chi connectivity index (χ0) is 14.7. The highest BCUT2D eigenvalue weighted by Crippen LogP contribution is 2.28. The van der Waals surface area contributed by atoms with Crippen molar-refractivity contribution < 1.29 is 23.1 Å². The molecule has 0 bridgehead atoms. The molecule has 1 unspecified atom stereocenters. The number of benzene rings is 1. The first-order chi connectivity index (χ1) is 9.55. The number of nitrogens with zero attached hydrogens (tertiary/aromatic N) is 1. The number of esters is 1. The Bertz CT molecular complexity index is 533. The number of fused-ring (bicyclic) bond motifs is 1. The molecule has 0 aromatic heterocycles. The van der Waals surface area contributed by atoms with Gasteiger partial charge in [0.25, 0.3) is 0 Å². The summed E-state index contributed by atoms with van der Waals surface area (Å²) in [5.74, 6) is -1.75. The fraction of sp³-hybridized carbons (Fsp3) is 0.429. The van der Waals surface area contributed by atoms with Crippen molar-refractivity contribution in [2.45, 2.75) is 25.8 Å². The van der Waals surface area contributed by atoms with Crippen LogP contribution < -0.4 is 0 Å². The molecule has 1 aliphatic rings. The molecule has 0 radical (unpaired) electrons. The molecule has 0 fully saturated rings. The first-order valence-electron chi connectivity index (χ1n) is 6.38. The van der Waals surface area contributed by atoms with Gasteiger partial charge in [0.15, 0.2) is 0 Å². The third-order valence-electron chi connectivity index (χ3n) is 3.37. The largest absolute Gasteiger partial charge is 0.465 e. The smallest absolute Gasteiger partial charge is 0.325 e. The number of carbonyl (C=O) groups excluding carboxylic acids is 2. The highest BCUT2D eigenvalue weighted by molar-refractivity contribution is 5.74. The number of ether oxygens (including phenoxy) is 1. The molecule has 1 atom stereocenters. The molecule has 2 rings (SSSR count). The van der Waals surface area contributed by atoms with Crippen LogP contribution in [0, 0.1) is 11.6 Å². The van der Waals surface area contributed by atoms with Crippen LogP contribution in [-0.2, 0) is 27.2 Å². The third-order valence-corrected chi connectivity index (χ3v) is 3.37. The Morgan fingerprint density at radius 1 is 1.45 bits per heavy atom. The van der Waals surface area contributed by atoms with E-state index in [9.17, 15) is 18.4 Å². The van der Waals surface area contributed by atoms with Crippen LogP contribution in [0.3, 0.4) is 0 Å². The number of hydrogen-bond donors (Lipinski definition) is 0. The summed E-state index contributed by atoms with van der Waals surface area (Å²) in [6.45, 7) is 1.73. The van der Waals surface area contributed by atoms with Crippen LogP contribution in [-0.4, -0.2) is 36.5 Å². The average Bonchev–Trinajstić information content (AvgIpc) is 2.80. The van der Waals surface area contributed by atoms with Gasteiger partial charge in [0.05, 0.1) is 6.61 Å². The van der Waals surface area contributed by atoms with E-state index in [0.29, 0.717) is 24.0 Å². The van der Waals surface area contributed by atoms with Crippen LogP contribution in [0.5, 0.6) is 0 Å². The lowest BCUT2D eigenvalue weighted by Crippen LogP contribution is -2.39. The molecule has 0 saturated heterocycles. The van der Waals surface area contributed by atoms with Crippen molar-refractivity contribution in [2.24, 2.45) is 0 Å². The van der Waals surface area contributed by atoms with E-state index in [-0.39, 0.29) is 25.6 Å². The second-order valence-electron chi connectivity index (χ2n) is 4.67. The molecule has 1 amide bonds. The van der Waals surface area contributed by atoms with Crippen LogP contribution in [0.2, 0.25) is 0 Å². The van der Waals surface area contributed by atoms with Crippen LogP contribution in [0.4, 0.5) is 8.78 Å². The van der Waals surface area contributed by atoms with E-state index in [2.05, 4.69) is 0 Å². The van der Waals surface area contributed by atoms with Crippen molar-refractivity contribution in [3.63, 3.8) is 0 Å². The molecule has 20 heavy (non-hydrogen) atoms. The van der Waals surface area contributed by atoms with E-state index < -0.39 is 17.6 Å². The summed E-state index contributed by atoms with van der Waals surface area (Å²) in [5, 5.41) is 0. The fourth-order valence-electron chi connectivity index (χ4n) is 2.47. The van der Waals surface area contributed by atoms with E-state index in [4.69, 9.17) is 4.74 Å².